The number of aromatic nitrogens is 1. The Kier molecular flexibility index (Phi) is 2.77. The third kappa shape index (κ3) is 2.14. The number of pyridine rings is 1. The second-order valence-electron chi connectivity index (χ2n) is 6.22. The molecule has 0 radical (unpaired) electrons. The molecule has 2 nitrogen and oxygen atoms in total. The lowest BCUT2D eigenvalue weighted by Crippen LogP contribution is -2.33. The van der Waals surface area contributed by atoms with E-state index in [1.807, 2.05) is 12.4 Å². The van der Waals surface area contributed by atoms with Crippen LogP contribution in [0.1, 0.15) is 31.2 Å². The zero-order chi connectivity index (χ0) is 12.7. The first-order valence-electron chi connectivity index (χ1n) is 7.44. The molecule has 1 N–H and O–H groups in total. The molecule has 0 spiro atoms. The summed E-state index contributed by atoms with van der Waals surface area (Å²) in [7, 11) is 0. The molecule has 0 aliphatic heterocycles. The molecule has 19 heavy (non-hydrogen) atoms. The maximum absolute atomic E-state index is 4.16. The van der Waals surface area contributed by atoms with Gasteiger partial charge in [-0.1, -0.05) is 18.6 Å². The Labute approximate surface area is 114 Å². The zero-order valence-electron chi connectivity index (χ0n) is 11.2. The zero-order valence-corrected chi connectivity index (χ0v) is 11.2. The first-order chi connectivity index (χ1) is 9.38. The molecule has 0 amide bonds. The van der Waals surface area contributed by atoms with Crippen LogP contribution in [0.15, 0.2) is 36.7 Å². The van der Waals surface area contributed by atoms with Crippen molar-refractivity contribution in [1.29, 1.82) is 0 Å². The predicted octanol–water partition coefficient (Wildman–Crippen LogP) is 3.51. The Bertz CT molecular complexity index is 593. The van der Waals surface area contributed by atoms with Crippen LogP contribution in [0.4, 0.5) is 0 Å². The van der Waals surface area contributed by atoms with Crippen LogP contribution in [0.5, 0.6) is 0 Å². The van der Waals surface area contributed by atoms with Crippen molar-refractivity contribution >= 4 is 10.8 Å². The van der Waals surface area contributed by atoms with E-state index in [0.717, 1.165) is 24.4 Å². The van der Waals surface area contributed by atoms with Crippen LogP contribution in [0, 0.1) is 11.8 Å². The number of fused-ring (bicyclic) bond motifs is 3. The fourth-order valence-electron chi connectivity index (χ4n) is 3.99. The van der Waals surface area contributed by atoms with Crippen LogP contribution in [-0.2, 0) is 6.54 Å². The SMILES string of the molecule is c1cc2cc(CNC3CC4CCC3C4)ccc2cn1. The number of nitrogens with zero attached hydrogens (tertiary/aromatic N) is 1. The minimum absolute atomic E-state index is 0.770. The average Bonchev–Trinajstić information content (AvgIpc) is 3.07. The third-order valence-corrected chi connectivity index (χ3v) is 5.01. The maximum Gasteiger partial charge on any atom is 0.0346 e. The molecular formula is C17H20N2. The summed E-state index contributed by atoms with van der Waals surface area (Å²) in [6.45, 7) is 1.01. The van der Waals surface area contributed by atoms with Crippen molar-refractivity contribution in [3.05, 3.63) is 42.2 Å². The van der Waals surface area contributed by atoms with Crippen molar-refractivity contribution < 1.29 is 0 Å². The second kappa shape index (κ2) is 4.61. The smallest absolute Gasteiger partial charge is 0.0346 e. The van der Waals surface area contributed by atoms with Crippen molar-refractivity contribution in [2.45, 2.75) is 38.3 Å². The van der Waals surface area contributed by atoms with E-state index < -0.39 is 0 Å². The topological polar surface area (TPSA) is 24.9 Å². The molecule has 2 aromatic rings. The van der Waals surface area contributed by atoms with Gasteiger partial charge in [-0.05, 0) is 54.2 Å². The summed E-state index contributed by atoms with van der Waals surface area (Å²) in [6, 6.07) is 9.56. The fourth-order valence-corrected chi connectivity index (χ4v) is 3.99. The van der Waals surface area contributed by atoms with Crippen molar-refractivity contribution in [2.24, 2.45) is 11.8 Å². The van der Waals surface area contributed by atoms with Crippen LogP contribution in [-0.4, -0.2) is 11.0 Å². The second-order valence-corrected chi connectivity index (χ2v) is 6.22. The highest BCUT2D eigenvalue weighted by atomic mass is 14.9. The molecule has 98 valence electrons. The maximum atomic E-state index is 4.16. The van der Waals surface area contributed by atoms with E-state index in [0.29, 0.717) is 0 Å². The molecule has 2 heteroatoms. The highest BCUT2D eigenvalue weighted by Crippen LogP contribution is 2.44. The lowest BCUT2D eigenvalue weighted by molar-refractivity contribution is 0.351. The van der Waals surface area contributed by atoms with E-state index in [2.05, 4.69) is 34.6 Å². The molecule has 2 fully saturated rings. The molecule has 0 saturated heterocycles. The summed E-state index contributed by atoms with van der Waals surface area (Å²) < 4.78 is 0. The van der Waals surface area contributed by atoms with Gasteiger partial charge in [0.25, 0.3) is 0 Å². The molecule has 4 rings (SSSR count). The van der Waals surface area contributed by atoms with E-state index in [9.17, 15) is 0 Å². The molecule has 2 saturated carbocycles. The van der Waals surface area contributed by atoms with E-state index >= 15 is 0 Å². The normalized spacial score (nSPS) is 29.2. The molecule has 1 aromatic heterocycles. The summed E-state index contributed by atoms with van der Waals surface area (Å²) in [5.74, 6) is 1.97. The Morgan fingerprint density at radius 2 is 2.11 bits per heavy atom. The molecule has 1 aromatic carbocycles. The Morgan fingerprint density at radius 3 is 2.95 bits per heavy atom. The number of nitrogens with one attached hydrogen (secondary N) is 1. The van der Waals surface area contributed by atoms with Crippen LogP contribution in [0.2, 0.25) is 0 Å². The highest BCUT2D eigenvalue weighted by molar-refractivity contribution is 5.81. The van der Waals surface area contributed by atoms with Crippen LogP contribution >= 0.6 is 0 Å². The standard InChI is InChI=1S/C17H20N2/c1-3-15-7-12(1)9-17(15)19-10-13-2-4-16-11-18-6-5-14(16)8-13/h2,4-6,8,11-12,15,17,19H,1,3,7,9-10H2. The molecule has 3 unspecified atom stereocenters. The van der Waals surface area contributed by atoms with E-state index in [1.54, 1.807) is 0 Å². The quantitative estimate of drug-likeness (QED) is 0.904. The van der Waals surface area contributed by atoms with Crippen LogP contribution in [0.25, 0.3) is 10.8 Å². The minimum Gasteiger partial charge on any atom is -0.310 e. The molecule has 1 heterocycles. The van der Waals surface area contributed by atoms with Crippen molar-refractivity contribution in [1.82, 2.24) is 10.3 Å². The fraction of sp³-hybridized carbons (Fsp3) is 0.471. The summed E-state index contributed by atoms with van der Waals surface area (Å²) in [5, 5.41) is 6.30. The third-order valence-electron chi connectivity index (χ3n) is 5.01. The summed E-state index contributed by atoms with van der Waals surface area (Å²) in [5.41, 5.74) is 1.39. The van der Waals surface area contributed by atoms with Gasteiger partial charge >= 0.3 is 0 Å². The lowest BCUT2D eigenvalue weighted by atomic mass is 9.95. The molecule has 2 bridgehead atoms. The van der Waals surface area contributed by atoms with Crippen LogP contribution in [0.3, 0.4) is 0 Å². The van der Waals surface area contributed by atoms with Gasteiger partial charge in [0.05, 0.1) is 0 Å². The van der Waals surface area contributed by atoms with Gasteiger partial charge in [-0.3, -0.25) is 4.98 Å². The highest BCUT2D eigenvalue weighted by Gasteiger charge is 2.38. The Morgan fingerprint density at radius 1 is 1.11 bits per heavy atom. The number of hydrogen-bond donors (Lipinski definition) is 1. The van der Waals surface area contributed by atoms with Crippen molar-refractivity contribution in [2.75, 3.05) is 0 Å². The minimum atomic E-state index is 0.770. The van der Waals surface area contributed by atoms with E-state index in [4.69, 9.17) is 0 Å². The summed E-state index contributed by atoms with van der Waals surface area (Å²) >= 11 is 0. The summed E-state index contributed by atoms with van der Waals surface area (Å²) in [4.78, 5) is 4.16. The van der Waals surface area contributed by atoms with Gasteiger partial charge < -0.3 is 5.32 Å². The summed E-state index contributed by atoms with van der Waals surface area (Å²) in [6.07, 6.45) is 9.61. The number of rotatable bonds is 3. The Hall–Kier alpha value is -1.41. The first kappa shape index (κ1) is 11.4. The lowest BCUT2D eigenvalue weighted by Gasteiger charge is -2.23. The number of hydrogen-bond acceptors (Lipinski definition) is 2. The van der Waals surface area contributed by atoms with Gasteiger partial charge in [-0.25, -0.2) is 0 Å². The van der Waals surface area contributed by atoms with Gasteiger partial charge in [-0.2, -0.15) is 0 Å². The van der Waals surface area contributed by atoms with Gasteiger partial charge in [0, 0.05) is 30.4 Å². The monoisotopic (exact) mass is 252 g/mol. The van der Waals surface area contributed by atoms with E-state index in [1.165, 1.54) is 42.0 Å². The largest absolute Gasteiger partial charge is 0.310 e. The molecule has 2 aliphatic carbocycles. The Balaban J connectivity index is 1.46. The van der Waals surface area contributed by atoms with E-state index in [-0.39, 0.29) is 0 Å². The first-order valence-corrected chi connectivity index (χ1v) is 7.44. The van der Waals surface area contributed by atoms with Gasteiger partial charge in [0.1, 0.15) is 0 Å². The van der Waals surface area contributed by atoms with Gasteiger partial charge in [-0.15, -0.1) is 0 Å². The van der Waals surface area contributed by atoms with Crippen molar-refractivity contribution in [3.63, 3.8) is 0 Å². The van der Waals surface area contributed by atoms with Gasteiger partial charge in [0.2, 0.25) is 0 Å². The van der Waals surface area contributed by atoms with Crippen LogP contribution < -0.4 is 5.32 Å². The molecule has 2 aliphatic rings. The molecule has 3 atom stereocenters. The average molecular weight is 252 g/mol. The number of benzene rings is 1. The molecular weight excluding hydrogens is 232 g/mol. The van der Waals surface area contributed by atoms with Crippen molar-refractivity contribution in [3.8, 4) is 0 Å². The predicted molar refractivity (Wildman–Crippen MR) is 77.8 cm³/mol. The van der Waals surface area contributed by atoms with Gasteiger partial charge in [0.15, 0.2) is 0 Å².